The number of carbonyl (C=O) groups is 2. The van der Waals surface area contributed by atoms with Gasteiger partial charge >= 0.3 is 0 Å². The maximum absolute atomic E-state index is 13.7. The molecular formula is C26H11N5O3S. The third kappa shape index (κ3) is 2.20. The average Bonchev–Trinajstić information content (AvgIpc) is 3.53. The number of thiophene rings is 1. The molecule has 8 nitrogen and oxygen atoms in total. The third-order valence-corrected chi connectivity index (χ3v) is 7.45. The molecule has 0 fully saturated rings. The SMILES string of the molecule is O=C1c2ccc3c(=O)n4c5nc6ccccc6nc5nc4c4ccc(c2c34)C(=O)N1c1cccs1. The molecule has 0 radical (unpaired) electrons. The van der Waals surface area contributed by atoms with E-state index in [0.717, 1.165) is 0 Å². The van der Waals surface area contributed by atoms with Gasteiger partial charge in [-0.05, 0) is 53.9 Å². The number of benzene rings is 3. The fourth-order valence-corrected chi connectivity index (χ4v) is 5.82. The number of amides is 2. The number of rotatable bonds is 1. The molecule has 3 aromatic carbocycles. The number of hydrogen-bond donors (Lipinski definition) is 0. The van der Waals surface area contributed by atoms with Gasteiger partial charge < -0.3 is 0 Å². The second kappa shape index (κ2) is 6.22. The van der Waals surface area contributed by atoms with E-state index < -0.39 is 11.8 Å². The number of nitrogens with zero attached hydrogens (tertiary/aromatic N) is 5. The lowest BCUT2D eigenvalue weighted by atomic mass is 9.90. The van der Waals surface area contributed by atoms with E-state index in [1.54, 1.807) is 36.4 Å². The molecule has 0 spiro atoms. The van der Waals surface area contributed by atoms with Crippen molar-refractivity contribution in [2.24, 2.45) is 0 Å². The fourth-order valence-electron chi connectivity index (χ4n) is 5.10. The largest absolute Gasteiger partial charge is 0.268 e. The number of anilines is 1. The van der Waals surface area contributed by atoms with Crippen molar-refractivity contribution in [1.29, 1.82) is 0 Å². The summed E-state index contributed by atoms with van der Waals surface area (Å²) < 4.78 is 1.47. The minimum absolute atomic E-state index is 0.316. The standard InChI is InChI=1S/C26H11N5O3S/c32-24-14-8-7-12-19-13(9-10-15(20(14)19)25(33)30(24)18-6-3-11-35-18)26(34)31-22(12)29-21-23(31)28-17-5-2-1-4-16(17)27-21/h1-11H. The minimum atomic E-state index is -0.408. The molecule has 1 aliphatic heterocycles. The van der Waals surface area contributed by atoms with Crippen molar-refractivity contribution in [2.45, 2.75) is 0 Å². The topological polar surface area (TPSA) is 97.5 Å². The van der Waals surface area contributed by atoms with Crippen LogP contribution in [-0.2, 0) is 0 Å². The molecule has 0 bridgehead atoms. The first-order chi connectivity index (χ1) is 17.1. The van der Waals surface area contributed by atoms with Crippen LogP contribution < -0.4 is 10.5 Å². The van der Waals surface area contributed by atoms with Crippen LogP contribution in [0.5, 0.6) is 0 Å². The number of aromatic nitrogens is 4. The summed E-state index contributed by atoms with van der Waals surface area (Å²) in [7, 11) is 0. The van der Waals surface area contributed by atoms with Crippen LogP contribution in [0.3, 0.4) is 0 Å². The molecule has 164 valence electrons. The average molecular weight is 473 g/mol. The highest BCUT2D eigenvalue weighted by Crippen LogP contribution is 2.39. The third-order valence-electron chi connectivity index (χ3n) is 6.60. The Kier molecular flexibility index (Phi) is 3.31. The first kappa shape index (κ1) is 18.6. The van der Waals surface area contributed by atoms with Crippen molar-refractivity contribution in [3.63, 3.8) is 0 Å². The summed E-state index contributed by atoms with van der Waals surface area (Å²) in [6.45, 7) is 0. The second-order valence-corrected chi connectivity index (χ2v) is 9.33. The van der Waals surface area contributed by atoms with Crippen LogP contribution in [0.1, 0.15) is 20.7 Å². The molecule has 2 amide bonds. The normalized spacial score (nSPS) is 13.9. The maximum Gasteiger partial charge on any atom is 0.266 e. The Labute approximate surface area is 199 Å². The van der Waals surface area contributed by atoms with Crippen LogP contribution in [0, 0.1) is 0 Å². The first-order valence-corrected chi connectivity index (χ1v) is 11.7. The Morgan fingerprint density at radius 3 is 2.09 bits per heavy atom. The van der Waals surface area contributed by atoms with E-state index in [2.05, 4.69) is 15.0 Å². The molecule has 7 aromatic rings. The van der Waals surface area contributed by atoms with Gasteiger partial charge in [-0.3, -0.25) is 14.4 Å². The monoisotopic (exact) mass is 473 g/mol. The van der Waals surface area contributed by atoms with Crippen molar-refractivity contribution in [3.05, 3.63) is 87.5 Å². The van der Waals surface area contributed by atoms with Crippen molar-refractivity contribution in [3.8, 4) is 0 Å². The molecule has 0 saturated carbocycles. The Morgan fingerprint density at radius 2 is 1.37 bits per heavy atom. The molecule has 0 aliphatic carbocycles. The summed E-state index contributed by atoms with van der Waals surface area (Å²) in [5.41, 5.74) is 2.93. The zero-order valence-electron chi connectivity index (χ0n) is 17.7. The van der Waals surface area contributed by atoms with Gasteiger partial charge in [0.05, 0.1) is 11.0 Å². The number of imide groups is 1. The highest BCUT2D eigenvalue weighted by atomic mass is 32.1. The molecule has 1 aliphatic rings. The molecule has 35 heavy (non-hydrogen) atoms. The van der Waals surface area contributed by atoms with Gasteiger partial charge in [0.2, 0.25) is 0 Å². The van der Waals surface area contributed by atoms with Gasteiger partial charge in [-0.2, -0.15) is 0 Å². The molecule has 0 unspecified atom stereocenters. The van der Waals surface area contributed by atoms with Crippen molar-refractivity contribution in [1.82, 2.24) is 19.4 Å². The van der Waals surface area contributed by atoms with Crippen molar-refractivity contribution >= 4 is 77.7 Å². The Hall–Kier alpha value is -4.76. The lowest BCUT2D eigenvalue weighted by Crippen LogP contribution is -2.40. The molecular weight excluding hydrogens is 462 g/mol. The van der Waals surface area contributed by atoms with Crippen LogP contribution in [0.25, 0.3) is 49.5 Å². The van der Waals surface area contributed by atoms with E-state index >= 15 is 0 Å². The van der Waals surface area contributed by atoms with E-state index in [1.807, 2.05) is 29.6 Å². The van der Waals surface area contributed by atoms with Gasteiger partial charge in [0.25, 0.3) is 17.4 Å². The van der Waals surface area contributed by atoms with Crippen LogP contribution in [-0.4, -0.2) is 31.2 Å². The summed E-state index contributed by atoms with van der Waals surface area (Å²) >= 11 is 1.32. The van der Waals surface area contributed by atoms with Crippen LogP contribution in [0.2, 0.25) is 0 Å². The Bertz CT molecular complexity index is 2110. The van der Waals surface area contributed by atoms with E-state index in [9.17, 15) is 14.4 Å². The summed E-state index contributed by atoms with van der Waals surface area (Å²) in [6, 6.07) is 17.7. The molecule has 0 N–H and O–H groups in total. The summed E-state index contributed by atoms with van der Waals surface area (Å²) in [5, 5.41) is 4.48. The Balaban J connectivity index is 1.53. The molecule has 0 saturated heterocycles. The minimum Gasteiger partial charge on any atom is -0.268 e. The highest BCUT2D eigenvalue weighted by molar-refractivity contribution is 7.14. The van der Waals surface area contributed by atoms with E-state index in [0.29, 0.717) is 65.6 Å². The molecule has 9 heteroatoms. The summed E-state index contributed by atoms with van der Waals surface area (Å²) in [5.74, 6) is -0.815. The van der Waals surface area contributed by atoms with E-state index in [1.165, 1.54) is 20.6 Å². The predicted octanol–water partition coefficient (Wildman–Crippen LogP) is 4.40. The lowest BCUT2D eigenvalue weighted by molar-refractivity contribution is 0.0894. The first-order valence-electron chi connectivity index (χ1n) is 10.8. The number of pyridine rings is 1. The zero-order chi connectivity index (χ0) is 23.4. The van der Waals surface area contributed by atoms with Crippen LogP contribution >= 0.6 is 11.3 Å². The fraction of sp³-hybridized carbons (Fsp3) is 0. The predicted molar refractivity (Wildman–Crippen MR) is 134 cm³/mol. The molecule has 8 rings (SSSR count). The smallest absolute Gasteiger partial charge is 0.266 e. The molecule has 4 aromatic heterocycles. The molecule has 5 heterocycles. The van der Waals surface area contributed by atoms with Gasteiger partial charge in [0, 0.05) is 32.7 Å². The lowest BCUT2D eigenvalue weighted by Gasteiger charge is -2.26. The number of carbonyl (C=O) groups excluding carboxylic acids is 2. The van der Waals surface area contributed by atoms with Gasteiger partial charge in [-0.1, -0.05) is 12.1 Å². The Morgan fingerprint density at radius 1 is 0.657 bits per heavy atom. The van der Waals surface area contributed by atoms with Crippen LogP contribution in [0.15, 0.2) is 70.8 Å². The molecule has 0 atom stereocenters. The van der Waals surface area contributed by atoms with Crippen molar-refractivity contribution < 1.29 is 9.59 Å². The number of fused-ring (bicyclic) bond motifs is 5. The second-order valence-electron chi connectivity index (χ2n) is 8.40. The summed E-state index contributed by atoms with van der Waals surface area (Å²) in [6.07, 6.45) is 0. The van der Waals surface area contributed by atoms with Crippen molar-refractivity contribution in [2.75, 3.05) is 4.90 Å². The van der Waals surface area contributed by atoms with E-state index in [4.69, 9.17) is 0 Å². The van der Waals surface area contributed by atoms with Gasteiger partial charge in [-0.25, -0.2) is 24.3 Å². The number of imidazole rings is 1. The maximum atomic E-state index is 13.7. The van der Waals surface area contributed by atoms with Crippen LogP contribution in [0.4, 0.5) is 5.00 Å². The van der Waals surface area contributed by atoms with Gasteiger partial charge in [-0.15, -0.1) is 11.3 Å². The highest BCUT2D eigenvalue weighted by Gasteiger charge is 2.36. The number of para-hydroxylation sites is 2. The van der Waals surface area contributed by atoms with Gasteiger partial charge in [0.1, 0.15) is 5.00 Å². The number of hydrogen-bond acceptors (Lipinski definition) is 7. The summed E-state index contributed by atoms with van der Waals surface area (Å²) in [4.78, 5) is 55.7. The van der Waals surface area contributed by atoms with E-state index in [-0.39, 0.29) is 5.56 Å². The van der Waals surface area contributed by atoms with Gasteiger partial charge in [0.15, 0.2) is 16.9 Å². The quantitative estimate of drug-likeness (QED) is 0.328. The zero-order valence-corrected chi connectivity index (χ0v) is 18.5.